The van der Waals surface area contributed by atoms with Crippen molar-refractivity contribution in [3.05, 3.63) is 66.0 Å². The Balaban J connectivity index is 1.64. The van der Waals surface area contributed by atoms with Crippen LogP contribution < -0.4 is 0 Å². The van der Waals surface area contributed by atoms with Crippen LogP contribution in [0.5, 0.6) is 0 Å². The highest BCUT2D eigenvalue weighted by molar-refractivity contribution is 5.69. The Hall–Kier alpha value is -1.93. The molecule has 1 aliphatic heterocycles. The predicted octanol–water partition coefficient (Wildman–Crippen LogP) is 5.63. The first-order chi connectivity index (χ1) is 11.6. The number of halogens is 1. The van der Waals surface area contributed by atoms with Crippen molar-refractivity contribution in [3.8, 4) is 11.1 Å². The third-order valence-electron chi connectivity index (χ3n) is 5.05. The van der Waals surface area contributed by atoms with Gasteiger partial charge in [0, 0.05) is 6.54 Å². The van der Waals surface area contributed by atoms with Crippen molar-refractivity contribution in [2.75, 3.05) is 19.6 Å². The first-order valence-electron chi connectivity index (χ1n) is 8.87. The molecule has 3 rings (SSSR count). The van der Waals surface area contributed by atoms with Gasteiger partial charge >= 0.3 is 0 Å². The Morgan fingerprint density at radius 1 is 1.00 bits per heavy atom. The summed E-state index contributed by atoms with van der Waals surface area (Å²) in [6.07, 6.45) is 4.97. The lowest BCUT2D eigenvalue weighted by atomic mass is 9.98. The molecule has 24 heavy (non-hydrogen) atoms. The number of piperidine rings is 1. The molecule has 0 spiro atoms. The Labute approximate surface area is 144 Å². The summed E-state index contributed by atoms with van der Waals surface area (Å²) in [5.41, 5.74) is 4.74. The zero-order chi connectivity index (χ0) is 16.9. The van der Waals surface area contributed by atoms with Crippen LogP contribution >= 0.6 is 0 Å². The summed E-state index contributed by atoms with van der Waals surface area (Å²) in [6.45, 7) is 8.00. The molecule has 1 saturated heterocycles. The van der Waals surface area contributed by atoms with Gasteiger partial charge in [-0.3, -0.25) is 4.90 Å². The molecule has 1 aliphatic rings. The topological polar surface area (TPSA) is 3.24 Å². The lowest BCUT2D eigenvalue weighted by Gasteiger charge is -2.29. The van der Waals surface area contributed by atoms with Gasteiger partial charge in [-0.15, -0.1) is 0 Å². The van der Waals surface area contributed by atoms with Crippen molar-refractivity contribution in [2.24, 2.45) is 5.92 Å². The molecule has 0 radical (unpaired) electrons. The van der Waals surface area contributed by atoms with Crippen molar-refractivity contribution in [2.45, 2.75) is 26.7 Å². The summed E-state index contributed by atoms with van der Waals surface area (Å²) in [7, 11) is 0. The third-order valence-corrected chi connectivity index (χ3v) is 5.05. The monoisotopic (exact) mass is 323 g/mol. The molecule has 0 aliphatic carbocycles. The first-order valence-corrected chi connectivity index (χ1v) is 8.87. The zero-order valence-corrected chi connectivity index (χ0v) is 14.6. The highest BCUT2D eigenvalue weighted by Gasteiger charge is 2.14. The van der Waals surface area contributed by atoms with Crippen LogP contribution in [0, 0.1) is 11.7 Å². The van der Waals surface area contributed by atoms with Crippen molar-refractivity contribution in [1.82, 2.24) is 4.90 Å². The summed E-state index contributed by atoms with van der Waals surface area (Å²) in [4.78, 5) is 2.54. The van der Waals surface area contributed by atoms with E-state index in [1.807, 2.05) is 12.1 Å². The Morgan fingerprint density at radius 2 is 1.54 bits per heavy atom. The van der Waals surface area contributed by atoms with Gasteiger partial charge in [-0.1, -0.05) is 49.4 Å². The summed E-state index contributed by atoms with van der Waals surface area (Å²) in [5, 5.41) is 0. The molecule has 1 heterocycles. The molecular weight excluding hydrogens is 297 g/mol. The molecule has 2 aromatic rings. The van der Waals surface area contributed by atoms with Gasteiger partial charge in [0.15, 0.2) is 0 Å². The van der Waals surface area contributed by atoms with E-state index in [1.165, 1.54) is 49.2 Å². The SMILES string of the molecule is CC(=CCN1CCC(C)CC1)c1ccc(-c2ccc(F)cc2)cc1. The molecule has 0 atom stereocenters. The number of hydrogen-bond acceptors (Lipinski definition) is 1. The van der Waals surface area contributed by atoms with Gasteiger partial charge in [0.25, 0.3) is 0 Å². The lowest BCUT2D eigenvalue weighted by Crippen LogP contribution is -2.32. The van der Waals surface area contributed by atoms with E-state index >= 15 is 0 Å². The fourth-order valence-electron chi connectivity index (χ4n) is 3.20. The summed E-state index contributed by atoms with van der Waals surface area (Å²) in [6, 6.07) is 15.2. The quantitative estimate of drug-likeness (QED) is 0.705. The van der Waals surface area contributed by atoms with Gasteiger partial charge in [-0.2, -0.15) is 0 Å². The van der Waals surface area contributed by atoms with Crippen LogP contribution in [0.3, 0.4) is 0 Å². The van der Waals surface area contributed by atoms with Gasteiger partial charge in [-0.05, 0) is 73.2 Å². The van der Waals surface area contributed by atoms with Crippen LogP contribution in [0.15, 0.2) is 54.6 Å². The van der Waals surface area contributed by atoms with E-state index in [9.17, 15) is 4.39 Å². The van der Waals surface area contributed by atoms with Crippen LogP contribution in [0.4, 0.5) is 4.39 Å². The molecule has 0 N–H and O–H groups in total. The second-order valence-electron chi connectivity index (χ2n) is 6.95. The number of likely N-dealkylation sites (tertiary alicyclic amines) is 1. The molecule has 0 unspecified atom stereocenters. The third kappa shape index (κ3) is 4.33. The average molecular weight is 323 g/mol. The molecule has 126 valence electrons. The highest BCUT2D eigenvalue weighted by Crippen LogP contribution is 2.23. The van der Waals surface area contributed by atoms with E-state index in [2.05, 4.69) is 49.1 Å². The number of allylic oxidation sites excluding steroid dienone is 1. The van der Waals surface area contributed by atoms with Crippen LogP contribution in [0.25, 0.3) is 16.7 Å². The number of benzene rings is 2. The lowest BCUT2D eigenvalue weighted by molar-refractivity contribution is 0.210. The average Bonchev–Trinajstić information content (AvgIpc) is 2.62. The minimum atomic E-state index is -0.193. The zero-order valence-electron chi connectivity index (χ0n) is 14.6. The highest BCUT2D eigenvalue weighted by atomic mass is 19.1. The van der Waals surface area contributed by atoms with Crippen molar-refractivity contribution in [3.63, 3.8) is 0 Å². The van der Waals surface area contributed by atoms with E-state index in [-0.39, 0.29) is 5.82 Å². The van der Waals surface area contributed by atoms with E-state index < -0.39 is 0 Å². The van der Waals surface area contributed by atoms with Crippen molar-refractivity contribution >= 4 is 5.57 Å². The fraction of sp³-hybridized carbons (Fsp3) is 0.364. The second kappa shape index (κ2) is 7.76. The summed E-state index contributed by atoms with van der Waals surface area (Å²) in [5.74, 6) is 0.687. The smallest absolute Gasteiger partial charge is 0.123 e. The molecule has 1 fully saturated rings. The maximum Gasteiger partial charge on any atom is 0.123 e. The second-order valence-corrected chi connectivity index (χ2v) is 6.95. The molecule has 0 saturated carbocycles. The Morgan fingerprint density at radius 3 is 2.12 bits per heavy atom. The van der Waals surface area contributed by atoms with Gasteiger partial charge in [0.1, 0.15) is 5.82 Å². The van der Waals surface area contributed by atoms with Crippen LogP contribution in [0.1, 0.15) is 32.3 Å². The van der Waals surface area contributed by atoms with E-state index in [0.29, 0.717) is 0 Å². The van der Waals surface area contributed by atoms with Crippen molar-refractivity contribution < 1.29 is 4.39 Å². The largest absolute Gasteiger partial charge is 0.300 e. The maximum atomic E-state index is 13.0. The minimum Gasteiger partial charge on any atom is -0.300 e. The van der Waals surface area contributed by atoms with Gasteiger partial charge in [0.05, 0.1) is 0 Å². The summed E-state index contributed by atoms with van der Waals surface area (Å²) < 4.78 is 13.0. The van der Waals surface area contributed by atoms with Gasteiger partial charge < -0.3 is 0 Å². The normalized spacial score (nSPS) is 17.2. The van der Waals surface area contributed by atoms with Crippen LogP contribution in [0.2, 0.25) is 0 Å². The molecule has 2 aromatic carbocycles. The first kappa shape index (κ1) is 16.9. The van der Waals surface area contributed by atoms with Crippen molar-refractivity contribution in [1.29, 1.82) is 0 Å². The van der Waals surface area contributed by atoms with Crippen LogP contribution in [-0.4, -0.2) is 24.5 Å². The Kier molecular flexibility index (Phi) is 5.47. The van der Waals surface area contributed by atoms with Crippen LogP contribution in [-0.2, 0) is 0 Å². The van der Waals surface area contributed by atoms with Gasteiger partial charge in [0.2, 0.25) is 0 Å². The predicted molar refractivity (Wildman–Crippen MR) is 100 cm³/mol. The summed E-state index contributed by atoms with van der Waals surface area (Å²) >= 11 is 0. The number of hydrogen-bond donors (Lipinski definition) is 0. The van der Waals surface area contributed by atoms with E-state index in [0.717, 1.165) is 23.6 Å². The van der Waals surface area contributed by atoms with Gasteiger partial charge in [-0.25, -0.2) is 4.39 Å². The Bertz CT molecular complexity index is 677. The molecule has 0 amide bonds. The maximum absolute atomic E-state index is 13.0. The van der Waals surface area contributed by atoms with E-state index in [4.69, 9.17) is 0 Å². The molecular formula is C22H26FN. The molecule has 1 nitrogen and oxygen atoms in total. The minimum absolute atomic E-state index is 0.193. The molecule has 2 heteroatoms. The molecule has 0 aromatic heterocycles. The standard InChI is InChI=1S/C22H26FN/c1-17-11-14-24(15-12-17)16-13-18(2)19-3-5-20(6-4-19)21-7-9-22(23)10-8-21/h3-10,13,17H,11-12,14-16H2,1-2H3. The van der Waals surface area contributed by atoms with E-state index in [1.54, 1.807) is 0 Å². The fourth-order valence-corrected chi connectivity index (χ4v) is 3.20. The number of nitrogens with zero attached hydrogens (tertiary/aromatic N) is 1. The molecule has 0 bridgehead atoms. The number of rotatable bonds is 4.